The van der Waals surface area contributed by atoms with E-state index < -0.39 is 6.10 Å². The molecule has 2 aromatic carbocycles. The van der Waals surface area contributed by atoms with Gasteiger partial charge in [-0.15, -0.1) is 0 Å². The molecule has 0 saturated carbocycles. The second-order valence-corrected chi connectivity index (χ2v) is 9.48. The Kier molecular flexibility index (Phi) is 8.27. The summed E-state index contributed by atoms with van der Waals surface area (Å²) in [6, 6.07) is 15.1. The van der Waals surface area contributed by atoms with E-state index in [0.29, 0.717) is 23.7 Å². The maximum Gasteiger partial charge on any atom is 0.136 e. The Morgan fingerprint density at radius 3 is 2.38 bits per heavy atom. The van der Waals surface area contributed by atoms with Crippen LogP contribution in [0.15, 0.2) is 48.5 Å². The van der Waals surface area contributed by atoms with Crippen LogP contribution in [0.3, 0.4) is 0 Å². The molecule has 8 heteroatoms. The summed E-state index contributed by atoms with van der Waals surface area (Å²) in [7, 11) is 0. The molecule has 1 atom stereocenters. The molecule has 1 N–H and O–H groups in total. The number of hydrogen-bond donors (Lipinski definition) is 1. The first-order valence-electron chi connectivity index (χ1n) is 11.5. The van der Waals surface area contributed by atoms with E-state index in [0.717, 1.165) is 59.7 Å². The normalized spacial score (nSPS) is 15.4. The van der Waals surface area contributed by atoms with Crippen LogP contribution in [-0.4, -0.2) is 65.4 Å². The number of aryl methyl sites for hydroxylation is 2. The fraction of sp³-hybridized carbons (Fsp3) is 0.385. The lowest BCUT2D eigenvalue weighted by Crippen LogP contribution is -2.49. The second-order valence-electron chi connectivity index (χ2n) is 8.63. The van der Waals surface area contributed by atoms with Crippen molar-refractivity contribution in [3.05, 3.63) is 81.2 Å². The van der Waals surface area contributed by atoms with Gasteiger partial charge in [0.05, 0.1) is 0 Å². The Bertz CT molecular complexity index is 1100. The number of rotatable bonds is 8. The first kappa shape index (κ1) is 24.7. The standard InChI is InChI=1S/C26H30Cl2N4O2/c1-18-24(15-20-5-3-4-6-25(20)28)26(30-19(2)29-18)32-13-11-31(12-14-32)16-22(33)17-34-23-9-7-21(27)8-10-23/h3-10,22,33H,11-17H2,1-2H3/t22-/m1/s1. The molecule has 0 bridgehead atoms. The molecular formula is C26H30Cl2N4O2. The van der Waals surface area contributed by atoms with Crippen molar-refractivity contribution in [3.8, 4) is 5.75 Å². The molecule has 1 aromatic heterocycles. The highest BCUT2D eigenvalue weighted by Crippen LogP contribution is 2.27. The maximum absolute atomic E-state index is 10.5. The van der Waals surface area contributed by atoms with E-state index >= 15 is 0 Å². The molecule has 1 aliphatic rings. The molecular weight excluding hydrogens is 471 g/mol. The monoisotopic (exact) mass is 500 g/mol. The predicted molar refractivity (Wildman–Crippen MR) is 137 cm³/mol. The number of benzene rings is 2. The SMILES string of the molecule is Cc1nc(C)c(Cc2ccccc2Cl)c(N2CCN(C[C@@H](O)COc3ccc(Cl)cc3)CC2)n1. The van der Waals surface area contributed by atoms with Gasteiger partial charge in [0.25, 0.3) is 0 Å². The molecule has 0 spiro atoms. The molecule has 1 saturated heterocycles. The minimum Gasteiger partial charge on any atom is -0.491 e. The highest BCUT2D eigenvalue weighted by Gasteiger charge is 2.24. The van der Waals surface area contributed by atoms with Crippen LogP contribution in [0.25, 0.3) is 0 Å². The van der Waals surface area contributed by atoms with Crippen molar-refractivity contribution >= 4 is 29.0 Å². The van der Waals surface area contributed by atoms with Crippen molar-refractivity contribution < 1.29 is 9.84 Å². The molecule has 1 fully saturated rings. The van der Waals surface area contributed by atoms with Crippen molar-refractivity contribution in [3.63, 3.8) is 0 Å². The zero-order chi connectivity index (χ0) is 24.1. The molecule has 180 valence electrons. The first-order chi connectivity index (χ1) is 16.4. The zero-order valence-electron chi connectivity index (χ0n) is 19.5. The van der Waals surface area contributed by atoms with E-state index in [9.17, 15) is 5.11 Å². The number of aliphatic hydroxyl groups excluding tert-OH is 1. The molecule has 0 amide bonds. The van der Waals surface area contributed by atoms with Gasteiger partial charge in [-0.3, -0.25) is 4.90 Å². The number of anilines is 1. The van der Waals surface area contributed by atoms with Crippen molar-refractivity contribution in [2.45, 2.75) is 26.4 Å². The van der Waals surface area contributed by atoms with Gasteiger partial charge in [-0.25, -0.2) is 9.97 Å². The van der Waals surface area contributed by atoms with Gasteiger partial charge in [-0.2, -0.15) is 0 Å². The molecule has 0 aliphatic carbocycles. The number of ether oxygens (including phenoxy) is 1. The van der Waals surface area contributed by atoms with Gasteiger partial charge in [0.1, 0.15) is 30.1 Å². The number of nitrogens with zero attached hydrogens (tertiary/aromatic N) is 4. The van der Waals surface area contributed by atoms with Crippen LogP contribution in [0, 0.1) is 13.8 Å². The summed E-state index contributed by atoms with van der Waals surface area (Å²) >= 11 is 12.3. The van der Waals surface area contributed by atoms with Gasteiger partial charge in [0.15, 0.2) is 0 Å². The molecule has 3 aromatic rings. The lowest BCUT2D eigenvalue weighted by atomic mass is 10.0. The summed E-state index contributed by atoms with van der Waals surface area (Å²) in [5.41, 5.74) is 3.17. The van der Waals surface area contributed by atoms with Gasteiger partial charge in [-0.1, -0.05) is 41.4 Å². The molecule has 34 heavy (non-hydrogen) atoms. The van der Waals surface area contributed by atoms with Gasteiger partial charge >= 0.3 is 0 Å². The van der Waals surface area contributed by atoms with Gasteiger partial charge in [0.2, 0.25) is 0 Å². The largest absolute Gasteiger partial charge is 0.491 e. The third-order valence-electron chi connectivity index (χ3n) is 6.03. The van der Waals surface area contributed by atoms with Crippen LogP contribution in [0.2, 0.25) is 10.0 Å². The van der Waals surface area contributed by atoms with Crippen LogP contribution in [0.1, 0.15) is 22.6 Å². The van der Waals surface area contributed by atoms with Gasteiger partial charge in [-0.05, 0) is 49.7 Å². The minimum absolute atomic E-state index is 0.244. The van der Waals surface area contributed by atoms with Crippen LogP contribution in [0.4, 0.5) is 5.82 Å². The number of aliphatic hydroxyl groups is 1. The third kappa shape index (κ3) is 6.39. The highest BCUT2D eigenvalue weighted by atomic mass is 35.5. The Morgan fingerprint density at radius 1 is 0.971 bits per heavy atom. The molecule has 4 rings (SSSR count). The quantitative estimate of drug-likeness (QED) is 0.489. The van der Waals surface area contributed by atoms with E-state index in [1.54, 1.807) is 24.3 Å². The van der Waals surface area contributed by atoms with Gasteiger partial charge in [0, 0.05) is 60.4 Å². The Morgan fingerprint density at radius 2 is 1.68 bits per heavy atom. The average Bonchev–Trinajstić information content (AvgIpc) is 2.82. The maximum atomic E-state index is 10.5. The summed E-state index contributed by atoms with van der Waals surface area (Å²) in [5, 5.41) is 11.9. The van der Waals surface area contributed by atoms with Crippen LogP contribution in [0.5, 0.6) is 5.75 Å². The molecule has 1 aliphatic heterocycles. The number of aromatic nitrogens is 2. The van der Waals surface area contributed by atoms with Crippen molar-refractivity contribution in [2.24, 2.45) is 0 Å². The van der Waals surface area contributed by atoms with E-state index in [1.165, 1.54) is 0 Å². The molecule has 0 unspecified atom stereocenters. The molecule has 6 nitrogen and oxygen atoms in total. The Balaban J connectivity index is 1.36. The minimum atomic E-state index is -0.568. The lowest BCUT2D eigenvalue weighted by Gasteiger charge is -2.37. The van der Waals surface area contributed by atoms with Crippen molar-refractivity contribution in [1.29, 1.82) is 0 Å². The molecule has 2 heterocycles. The Labute approximate surface area is 211 Å². The zero-order valence-corrected chi connectivity index (χ0v) is 21.1. The average molecular weight is 501 g/mol. The van der Waals surface area contributed by atoms with E-state index in [-0.39, 0.29) is 6.61 Å². The summed E-state index contributed by atoms with van der Waals surface area (Å²) in [6.45, 7) is 8.12. The predicted octanol–water partition coefficient (Wildman–Crippen LogP) is 4.55. The molecule has 0 radical (unpaired) electrons. The summed E-state index contributed by atoms with van der Waals surface area (Å²) in [4.78, 5) is 14.0. The number of hydrogen-bond acceptors (Lipinski definition) is 6. The number of halogens is 2. The van der Waals surface area contributed by atoms with Crippen molar-refractivity contribution in [1.82, 2.24) is 14.9 Å². The fourth-order valence-corrected chi connectivity index (χ4v) is 4.56. The highest BCUT2D eigenvalue weighted by molar-refractivity contribution is 6.31. The Hall–Kier alpha value is -2.38. The van der Waals surface area contributed by atoms with Crippen molar-refractivity contribution in [2.75, 3.05) is 44.2 Å². The number of piperazine rings is 1. The van der Waals surface area contributed by atoms with E-state index in [4.69, 9.17) is 32.9 Å². The topological polar surface area (TPSA) is 61.7 Å². The second kappa shape index (κ2) is 11.4. The lowest BCUT2D eigenvalue weighted by molar-refractivity contribution is 0.0662. The van der Waals surface area contributed by atoms with Crippen LogP contribution >= 0.6 is 23.2 Å². The summed E-state index contributed by atoms with van der Waals surface area (Å²) < 4.78 is 5.69. The van der Waals surface area contributed by atoms with Crippen LogP contribution < -0.4 is 9.64 Å². The summed E-state index contributed by atoms with van der Waals surface area (Å²) in [6.07, 6.45) is 0.129. The fourth-order valence-electron chi connectivity index (χ4n) is 4.23. The van der Waals surface area contributed by atoms with Crippen LogP contribution in [-0.2, 0) is 6.42 Å². The number of β-amino-alcohol motifs (C(OH)–C–C–N with tert-alkyl or cyclic N) is 1. The third-order valence-corrected chi connectivity index (χ3v) is 6.65. The first-order valence-corrected chi connectivity index (χ1v) is 12.3. The smallest absolute Gasteiger partial charge is 0.136 e. The van der Waals surface area contributed by atoms with E-state index in [2.05, 4.69) is 20.9 Å². The van der Waals surface area contributed by atoms with Gasteiger partial charge < -0.3 is 14.7 Å². The van der Waals surface area contributed by atoms with E-state index in [1.807, 2.05) is 32.0 Å². The summed E-state index contributed by atoms with van der Waals surface area (Å²) in [5.74, 6) is 2.46.